The molecular weight excluding hydrogens is 468 g/mol. The molecule has 0 aliphatic carbocycles. The Morgan fingerprint density at radius 1 is 1.23 bits per heavy atom. The number of anilines is 1. The molecule has 0 saturated carbocycles. The molecule has 9 heteroatoms. The summed E-state index contributed by atoms with van der Waals surface area (Å²) in [5.41, 5.74) is 2.27. The molecule has 3 aromatic rings. The van der Waals surface area contributed by atoms with Crippen LogP contribution in [0.4, 0.5) is 5.69 Å². The highest BCUT2D eigenvalue weighted by atomic mass is 35.5. The molecule has 1 heterocycles. The molecule has 2 N–H and O–H groups in total. The molecule has 0 radical (unpaired) electrons. The Bertz CT molecular complexity index is 1220. The van der Waals surface area contributed by atoms with Crippen LogP contribution in [0, 0.1) is 6.92 Å². The van der Waals surface area contributed by atoms with Crippen molar-refractivity contribution in [2.75, 3.05) is 32.2 Å². The van der Waals surface area contributed by atoms with Crippen LogP contribution in [0.25, 0.3) is 11.4 Å². The molecule has 0 aliphatic rings. The molecule has 3 rings (SSSR count). The molecule has 0 fully saturated rings. The summed E-state index contributed by atoms with van der Waals surface area (Å²) in [6.07, 6.45) is 0. The van der Waals surface area contributed by atoms with Crippen LogP contribution in [0.2, 0.25) is 5.02 Å². The third kappa shape index (κ3) is 6.83. The van der Waals surface area contributed by atoms with Gasteiger partial charge in [0.05, 0.1) is 0 Å². The predicted molar refractivity (Wildman–Crippen MR) is 140 cm³/mol. The third-order valence-corrected chi connectivity index (χ3v) is 5.90. The van der Waals surface area contributed by atoms with Gasteiger partial charge in [-0.25, -0.2) is 4.98 Å². The minimum atomic E-state index is -0.692. The molecule has 0 bridgehead atoms. The molecule has 0 spiro atoms. The maximum absolute atomic E-state index is 12.8. The van der Waals surface area contributed by atoms with E-state index >= 15 is 0 Å². The summed E-state index contributed by atoms with van der Waals surface area (Å²) in [5.74, 6) is -1.04. The average Bonchev–Trinajstić information content (AvgIpc) is 2.87. The Morgan fingerprint density at radius 2 is 1.89 bits per heavy atom. The standard InChI is InChI=1S/C23H25ClN4O3.C3H8O/c1-5-27(3)18-9-7-6-8-16(18)21-26-19(20(29)23(31)28(21)4)22(30)25-13-15-11-10-14(2)17(24)12-15;1-3-4-2/h6-12,29H,5,13H2,1-4H3,(H,25,30);3H2,1-2H3. The van der Waals surface area contributed by atoms with Crippen molar-refractivity contribution in [3.8, 4) is 17.1 Å². The fourth-order valence-electron chi connectivity index (χ4n) is 3.17. The lowest BCUT2D eigenvalue weighted by molar-refractivity contribution is 0.0942. The van der Waals surface area contributed by atoms with Gasteiger partial charge >= 0.3 is 0 Å². The van der Waals surface area contributed by atoms with Crippen LogP contribution in [0.15, 0.2) is 47.3 Å². The zero-order valence-electron chi connectivity index (χ0n) is 21.1. The average molecular weight is 501 g/mol. The largest absolute Gasteiger partial charge is 0.501 e. The second-order valence-corrected chi connectivity index (χ2v) is 8.28. The molecule has 0 saturated heterocycles. The fraction of sp³-hybridized carbons (Fsp3) is 0.346. The second-order valence-electron chi connectivity index (χ2n) is 7.87. The van der Waals surface area contributed by atoms with Crippen LogP contribution in [-0.4, -0.2) is 47.9 Å². The summed E-state index contributed by atoms with van der Waals surface area (Å²) in [7, 11) is 5.13. The number of aromatic hydroxyl groups is 1. The lowest BCUT2D eigenvalue weighted by atomic mass is 10.1. The smallest absolute Gasteiger partial charge is 0.296 e. The Kier molecular flexibility index (Phi) is 10.3. The van der Waals surface area contributed by atoms with Crippen molar-refractivity contribution in [2.45, 2.75) is 27.3 Å². The van der Waals surface area contributed by atoms with Gasteiger partial charge in [0.1, 0.15) is 5.82 Å². The lowest BCUT2D eigenvalue weighted by Crippen LogP contribution is -2.29. The number of hydrogen-bond donors (Lipinski definition) is 2. The number of halogens is 1. The van der Waals surface area contributed by atoms with Gasteiger partial charge in [-0.3, -0.25) is 14.2 Å². The number of carbonyl (C=O) groups is 1. The van der Waals surface area contributed by atoms with Crippen LogP contribution < -0.4 is 15.8 Å². The summed E-state index contributed by atoms with van der Waals surface area (Å²) in [6.45, 7) is 7.60. The third-order valence-electron chi connectivity index (χ3n) is 5.49. The van der Waals surface area contributed by atoms with E-state index in [0.29, 0.717) is 16.4 Å². The summed E-state index contributed by atoms with van der Waals surface area (Å²) >= 11 is 6.14. The summed E-state index contributed by atoms with van der Waals surface area (Å²) in [5, 5.41) is 13.6. The first kappa shape index (κ1) is 27.9. The first-order valence-corrected chi connectivity index (χ1v) is 11.7. The number of nitrogens with one attached hydrogen (secondary N) is 1. The van der Waals surface area contributed by atoms with E-state index in [1.165, 1.54) is 11.6 Å². The maximum atomic E-state index is 12.8. The van der Waals surface area contributed by atoms with Crippen LogP contribution >= 0.6 is 11.6 Å². The van der Waals surface area contributed by atoms with Crippen molar-refractivity contribution < 1.29 is 14.6 Å². The number of rotatable bonds is 7. The van der Waals surface area contributed by atoms with Gasteiger partial charge in [0.25, 0.3) is 11.5 Å². The van der Waals surface area contributed by atoms with Gasteiger partial charge in [-0.2, -0.15) is 0 Å². The van der Waals surface area contributed by atoms with Gasteiger partial charge in [-0.15, -0.1) is 0 Å². The van der Waals surface area contributed by atoms with E-state index in [1.54, 1.807) is 13.2 Å². The number of benzene rings is 2. The van der Waals surface area contributed by atoms with Crippen LogP contribution in [0.5, 0.6) is 5.75 Å². The summed E-state index contributed by atoms with van der Waals surface area (Å²) in [4.78, 5) is 31.8. The van der Waals surface area contributed by atoms with Crippen molar-refractivity contribution in [3.05, 3.63) is 74.7 Å². The van der Waals surface area contributed by atoms with E-state index in [2.05, 4.69) is 15.0 Å². The molecule has 8 nitrogen and oxygen atoms in total. The number of para-hydroxylation sites is 1. The monoisotopic (exact) mass is 500 g/mol. The van der Waals surface area contributed by atoms with Gasteiger partial charge in [-0.1, -0.05) is 35.9 Å². The summed E-state index contributed by atoms with van der Waals surface area (Å²) in [6, 6.07) is 12.9. The van der Waals surface area contributed by atoms with E-state index in [0.717, 1.165) is 30.0 Å². The zero-order valence-corrected chi connectivity index (χ0v) is 21.8. The maximum Gasteiger partial charge on any atom is 0.296 e. The summed E-state index contributed by atoms with van der Waals surface area (Å²) < 4.78 is 5.79. The quantitative estimate of drug-likeness (QED) is 0.506. The Morgan fingerprint density at radius 3 is 2.49 bits per heavy atom. The van der Waals surface area contributed by atoms with Crippen molar-refractivity contribution in [1.82, 2.24) is 14.9 Å². The van der Waals surface area contributed by atoms with E-state index in [9.17, 15) is 14.7 Å². The minimum absolute atomic E-state index is 0.180. The molecule has 35 heavy (non-hydrogen) atoms. The SMILES string of the molecule is CCN(C)c1ccccc1-c1nc(C(=O)NCc2ccc(C)c(Cl)c2)c(O)c(=O)n1C.CCOC. The van der Waals surface area contributed by atoms with Gasteiger partial charge in [0.2, 0.25) is 5.75 Å². The van der Waals surface area contributed by atoms with Crippen molar-refractivity contribution >= 4 is 23.2 Å². The number of amides is 1. The molecule has 0 atom stereocenters. The van der Waals surface area contributed by atoms with E-state index in [-0.39, 0.29) is 12.2 Å². The number of aryl methyl sites for hydroxylation is 1. The number of hydrogen-bond acceptors (Lipinski definition) is 6. The first-order chi connectivity index (χ1) is 16.7. The molecule has 1 amide bonds. The van der Waals surface area contributed by atoms with Gasteiger partial charge < -0.3 is 20.1 Å². The van der Waals surface area contributed by atoms with Crippen LogP contribution in [0.3, 0.4) is 0 Å². The topological polar surface area (TPSA) is 96.7 Å². The fourth-order valence-corrected chi connectivity index (χ4v) is 3.37. The second kappa shape index (κ2) is 12.9. The van der Waals surface area contributed by atoms with Crippen LogP contribution in [-0.2, 0) is 18.3 Å². The van der Waals surface area contributed by atoms with E-state index < -0.39 is 17.2 Å². The number of methoxy groups -OCH3 is 1. The number of ether oxygens (including phenoxy) is 1. The zero-order chi connectivity index (χ0) is 26.1. The normalized spacial score (nSPS) is 10.4. The molecule has 1 aromatic heterocycles. The van der Waals surface area contributed by atoms with E-state index in [4.69, 9.17) is 11.6 Å². The minimum Gasteiger partial charge on any atom is -0.501 e. The first-order valence-electron chi connectivity index (χ1n) is 11.3. The van der Waals surface area contributed by atoms with E-state index in [1.807, 2.05) is 69.1 Å². The number of nitrogens with zero attached hydrogens (tertiary/aromatic N) is 3. The van der Waals surface area contributed by atoms with Crippen molar-refractivity contribution in [3.63, 3.8) is 0 Å². The van der Waals surface area contributed by atoms with Gasteiger partial charge in [0, 0.05) is 57.2 Å². The van der Waals surface area contributed by atoms with Gasteiger partial charge in [0.15, 0.2) is 5.69 Å². The van der Waals surface area contributed by atoms with Crippen molar-refractivity contribution in [1.29, 1.82) is 0 Å². The number of aromatic nitrogens is 2. The Labute approximate surface area is 211 Å². The molecule has 0 aliphatic heterocycles. The van der Waals surface area contributed by atoms with Gasteiger partial charge in [-0.05, 0) is 50.1 Å². The molecule has 188 valence electrons. The predicted octanol–water partition coefficient (Wildman–Crippen LogP) is 4.15. The Hall–Kier alpha value is -3.36. The molecular formula is C26H33ClN4O4. The van der Waals surface area contributed by atoms with Crippen LogP contribution in [0.1, 0.15) is 35.5 Å². The highest BCUT2D eigenvalue weighted by Gasteiger charge is 2.22. The highest BCUT2D eigenvalue weighted by molar-refractivity contribution is 6.31. The molecule has 2 aromatic carbocycles. The number of carbonyl (C=O) groups excluding carboxylic acids is 1. The highest BCUT2D eigenvalue weighted by Crippen LogP contribution is 2.29. The van der Waals surface area contributed by atoms with Crippen molar-refractivity contribution in [2.24, 2.45) is 7.05 Å². The lowest BCUT2D eigenvalue weighted by Gasteiger charge is -2.21. The Balaban J connectivity index is 0.00000100. The molecule has 0 unspecified atom stereocenters.